The summed E-state index contributed by atoms with van der Waals surface area (Å²) in [5.74, 6) is 0.0230. The van der Waals surface area contributed by atoms with E-state index in [1.54, 1.807) is 0 Å². The molecule has 0 bridgehead atoms. The number of aryl methyl sites for hydroxylation is 3. The number of nitrogens with one attached hydrogen (secondary N) is 1. The zero-order valence-corrected chi connectivity index (χ0v) is 11.9. The highest BCUT2D eigenvalue weighted by atomic mass is 16.1. The number of hydrogen-bond donors (Lipinski definition) is 1. The molecule has 0 radical (unpaired) electrons. The molecule has 20 heavy (non-hydrogen) atoms. The molecule has 3 rings (SSSR count). The van der Waals surface area contributed by atoms with Crippen molar-refractivity contribution >= 4 is 5.91 Å². The molecule has 0 unspecified atom stereocenters. The molecule has 2 aromatic rings. The molecule has 0 fully saturated rings. The first-order valence-electron chi connectivity index (χ1n) is 7.11. The van der Waals surface area contributed by atoms with Crippen LogP contribution in [0, 0.1) is 13.8 Å². The summed E-state index contributed by atoms with van der Waals surface area (Å²) >= 11 is 0. The topological polar surface area (TPSA) is 29.1 Å². The number of benzene rings is 2. The van der Waals surface area contributed by atoms with Crippen LogP contribution in [0.1, 0.15) is 45.1 Å². The molecule has 1 N–H and O–H groups in total. The molecule has 1 atom stereocenters. The van der Waals surface area contributed by atoms with E-state index < -0.39 is 0 Å². The van der Waals surface area contributed by atoms with Crippen LogP contribution in [0.5, 0.6) is 0 Å². The van der Waals surface area contributed by atoms with Gasteiger partial charge < -0.3 is 5.32 Å². The molecule has 1 aliphatic carbocycles. The highest BCUT2D eigenvalue weighted by molar-refractivity contribution is 5.94. The van der Waals surface area contributed by atoms with Gasteiger partial charge in [0, 0.05) is 5.56 Å². The van der Waals surface area contributed by atoms with Gasteiger partial charge in [-0.1, -0.05) is 30.3 Å². The normalized spacial score (nSPS) is 16.8. The van der Waals surface area contributed by atoms with E-state index in [2.05, 4.69) is 30.4 Å². The monoisotopic (exact) mass is 265 g/mol. The second kappa shape index (κ2) is 5.12. The maximum Gasteiger partial charge on any atom is 0.251 e. The molecule has 0 spiro atoms. The van der Waals surface area contributed by atoms with Crippen molar-refractivity contribution in [3.63, 3.8) is 0 Å². The van der Waals surface area contributed by atoms with Crippen molar-refractivity contribution in [2.45, 2.75) is 32.7 Å². The van der Waals surface area contributed by atoms with Gasteiger partial charge in [0.1, 0.15) is 0 Å². The molecule has 0 saturated heterocycles. The molecule has 0 aromatic heterocycles. The largest absolute Gasteiger partial charge is 0.345 e. The van der Waals surface area contributed by atoms with Gasteiger partial charge in [-0.3, -0.25) is 4.79 Å². The zero-order valence-electron chi connectivity index (χ0n) is 11.9. The van der Waals surface area contributed by atoms with Crippen molar-refractivity contribution in [2.24, 2.45) is 0 Å². The van der Waals surface area contributed by atoms with E-state index in [0.29, 0.717) is 0 Å². The van der Waals surface area contributed by atoms with E-state index in [4.69, 9.17) is 0 Å². The summed E-state index contributed by atoms with van der Waals surface area (Å²) in [6.45, 7) is 4.10. The SMILES string of the molecule is Cc1ccc(C(=O)N[C@H]2CCc3ccccc32)cc1C. The lowest BCUT2D eigenvalue weighted by atomic mass is 10.0. The minimum absolute atomic E-state index is 0.0230. The Balaban J connectivity index is 1.79. The Morgan fingerprint density at radius 2 is 1.90 bits per heavy atom. The van der Waals surface area contributed by atoms with E-state index in [9.17, 15) is 4.79 Å². The van der Waals surface area contributed by atoms with Gasteiger partial charge in [-0.15, -0.1) is 0 Å². The number of fused-ring (bicyclic) bond motifs is 1. The first kappa shape index (κ1) is 12.9. The van der Waals surface area contributed by atoms with Crippen LogP contribution in [0.25, 0.3) is 0 Å². The summed E-state index contributed by atoms with van der Waals surface area (Å²) in [4.78, 5) is 12.4. The van der Waals surface area contributed by atoms with Gasteiger partial charge in [-0.05, 0) is 61.1 Å². The summed E-state index contributed by atoms with van der Waals surface area (Å²) in [7, 11) is 0. The van der Waals surface area contributed by atoms with Crippen molar-refractivity contribution in [2.75, 3.05) is 0 Å². The maximum atomic E-state index is 12.4. The fraction of sp³-hybridized carbons (Fsp3) is 0.278. The lowest BCUT2D eigenvalue weighted by molar-refractivity contribution is 0.0936. The minimum Gasteiger partial charge on any atom is -0.345 e. The number of hydrogen-bond acceptors (Lipinski definition) is 1. The van der Waals surface area contributed by atoms with Gasteiger partial charge in [0.2, 0.25) is 0 Å². The molecule has 1 aliphatic rings. The van der Waals surface area contributed by atoms with Crippen LogP contribution in [0.4, 0.5) is 0 Å². The van der Waals surface area contributed by atoms with E-state index in [-0.39, 0.29) is 11.9 Å². The van der Waals surface area contributed by atoms with Crippen LogP contribution in [0.15, 0.2) is 42.5 Å². The van der Waals surface area contributed by atoms with Crippen LogP contribution in [0.2, 0.25) is 0 Å². The number of carbonyl (C=O) groups is 1. The first-order chi connectivity index (χ1) is 9.65. The molecule has 2 heteroatoms. The molecule has 2 nitrogen and oxygen atoms in total. The average Bonchev–Trinajstić information content (AvgIpc) is 2.85. The Morgan fingerprint density at radius 1 is 1.10 bits per heavy atom. The summed E-state index contributed by atoms with van der Waals surface area (Å²) in [5.41, 5.74) is 5.75. The Kier molecular flexibility index (Phi) is 3.31. The van der Waals surface area contributed by atoms with E-state index in [0.717, 1.165) is 24.0 Å². The van der Waals surface area contributed by atoms with Gasteiger partial charge in [0.05, 0.1) is 6.04 Å². The van der Waals surface area contributed by atoms with Gasteiger partial charge in [0.25, 0.3) is 5.91 Å². The standard InChI is InChI=1S/C18H19NO/c1-12-7-8-15(11-13(12)2)18(20)19-17-10-9-14-5-3-4-6-16(14)17/h3-8,11,17H,9-10H2,1-2H3,(H,19,20)/t17-/m0/s1. The molecule has 1 amide bonds. The van der Waals surface area contributed by atoms with E-state index in [1.165, 1.54) is 16.7 Å². The number of carbonyl (C=O) groups excluding carboxylic acids is 1. The minimum atomic E-state index is 0.0230. The third kappa shape index (κ3) is 2.34. The molecule has 2 aromatic carbocycles. The van der Waals surface area contributed by atoms with Gasteiger partial charge in [-0.2, -0.15) is 0 Å². The Bertz CT molecular complexity index is 660. The highest BCUT2D eigenvalue weighted by Crippen LogP contribution is 2.30. The fourth-order valence-electron chi connectivity index (χ4n) is 2.83. The Labute approximate surface area is 119 Å². The predicted molar refractivity (Wildman–Crippen MR) is 80.9 cm³/mol. The lowest BCUT2D eigenvalue weighted by Gasteiger charge is -2.14. The second-order valence-electron chi connectivity index (χ2n) is 5.56. The highest BCUT2D eigenvalue weighted by Gasteiger charge is 2.23. The Hall–Kier alpha value is -2.09. The van der Waals surface area contributed by atoms with Crippen molar-refractivity contribution in [1.29, 1.82) is 0 Å². The maximum absolute atomic E-state index is 12.4. The zero-order chi connectivity index (χ0) is 14.1. The molecular formula is C18H19NO. The number of amides is 1. The summed E-state index contributed by atoms with van der Waals surface area (Å²) in [6, 6.07) is 14.4. The molecule has 0 saturated carbocycles. The van der Waals surface area contributed by atoms with Crippen LogP contribution >= 0.6 is 0 Å². The van der Waals surface area contributed by atoms with Crippen LogP contribution < -0.4 is 5.32 Å². The van der Waals surface area contributed by atoms with Crippen LogP contribution in [0.3, 0.4) is 0 Å². The molecule has 0 aliphatic heterocycles. The summed E-state index contributed by atoms with van der Waals surface area (Å²) in [6.07, 6.45) is 2.05. The lowest BCUT2D eigenvalue weighted by Crippen LogP contribution is -2.27. The third-order valence-electron chi connectivity index (χ3n) is 4.21. The van der Waals surface area contributed by atoms with Gasteiger partial charge in [-0.25, -0.2) is 0 Å². The number of rotatable bonds is 2. The van der Waals surface area contributed by atoms with Crippen molar-refractivity contribution in [1.82, 2.24) is 5.32 Å². The Morgan fingerprint density at radius 3 is 2.70 bits per heavy atom. The quantitative estimate of drug-likeness (QED) is 0.881. The molecule has 102 valence electrons. The summed E-state index contributed by atoms with van der Waals surface area (Å²) in [5, 5.41) is 3.16. The second-order valence-corrected chi connectivity index (χ2v) is 5.56. The van der Waals surface area contributed by atoms with Gasteiger partial charge in [0.15, 0.2) is 0 Å². The van der Waals surface area contributed by atoms with Crippen LogP contribution in [-0.4, -0.2) is 5.91 Å². The molecule has 0 heterocycles. The summed E-state index contributed by atoms with van der Waals surface area (Å²) < 4.78 is 0. The van der Waals surface area contributed by atoms with Crippen molar-refractivity contribution in [3.05, 3.63) is 70.3 Å². The van der Waals surface area contributed by atoms with Crippen molar-refractivity contribution < 1.29 is 4.79 Å². The van der Waals surface area contributed by atoms with Gasteiger partial charge >= 0.3 is 0 Å². The first-order valence-corrected chi connectivity index (χ1v) is 7.11. The average molecular weight is 265 g/mol. The van der Waals surface area contributed by atoms with Crippen LogP contribution in [-0.2, 0) is 6.42 Å². The third-order valence-corrected chi connectivity index (χ3v) is 4.21. The predicted octanol–water partition coefficient (Wildman–Crippen LogP) is 3.72. The smallest absolute Gasteiger partial charge is 0.251 e. The molecular weight excluding hydrogens is 246 g/mol. The van der Waals surface area contributed by atoms with E-state index >= 15 is 0 Å². The van der Waals surface area contributed by atoms with Crippen molar-refractivity contribution in [3.8, 4) is 0 Å². The van der Waals surface area contributed by atoms with E-state index in [1.807, 2.05) is 31.2 Å². The fourth-order valence-corrected chi connectivity index (χ4v) is 2.83.